The molecule has 1 nitrogen and oxygen atoms in total. The Labute approximate surface area is 92.2 Å². The van der Waals surface area contributed by atoms with Crippen LogP contribution in [0.4, 0.5) is 0 Å². The van der Waals surface area contributed by atoms with Crippen molar-refractivity contribution in [1.29, 1.82) is 0 Å². The highest BCUT2D eigenvalue weighted by Crippen LogP contribution is 2.50. The summed E-state index contributed by atoms with van der Waals surface area (Å²) in [7, 11) is 0. The molecule has 0 bridgehead atoms. The molecule has 1 saturated heterocycles. The molecule has 14 heavy (non-hydrogen) atoms. The number of hydrogen-bond donors (Lipinski definition) is 1. The van der Waals surface area contributed by atoms with Gasteiger partial charge in [0.25, 0.3) is 0 Å². The van der Waals surface area contributed by atoms with Crippen molar-refractivity contribution in [2.24, 2.45) is 17.1 Å². The van der Waals surface area contributed by atoms with E-state index in [1.165, 1.54) is 50.0 Å². The van der Waals surface area contributed by atoms with Crippen LogP contribution in [-0.2, 0) is 0 Å². The Morgan fingerprint density at radius 2 is 2.00 bits per heavy atom. The number of hydrogen-bond acceptors (Lipinski definition) is 2. The molecular formula is C12H23NS. The number of rotatable bonds is 1. The summed E-state index contributed by atoms with van der Waals surface area (Å²) in [5, 5.41) is 0. The molecule has 2 heteroatoms. The predicted octanol–water partition coefficient (Wildman–Crippen LogP) is 3.04. The van der Waals surface area contributed by atoms with Gasteiger partial charge in [0.2, 0.25) is 0 Å². The van der Waals surface area contributed by atoms with Crippen LogP contribution in [0.1, 0.15) is 45.4 Å². The van der Waals surface area contributed by atoms with Crippen LogP contribution in [0.15, 0.2) is 0 Å². The van der Waals surface area contributed by atoms with Gasteiger partial charge in [-0.3, -0.25) is 0 Å². The maximum atomic E-state index is 6.16. The monoisotopic (exact) mass is 213 g/mol. The zero-order chi connectivity index (χ0) is 10.0. The van der Waals surface area contributed by atoms with Crippen LogP contribution in [0.5, 0.6) is 0 Å². The van der Waals surface area contributed by atoms with Crippen LogP contribution in [0.3, 0.4) is 0 Å². The Morgan fingerprint density at radius 3 is 2.64 bits per heavy atom. The lowest BCUT2D eigenvalue weighted by molar-refractivity contribution is 0.0998. The van der Waals surface area contributed by atoms with Gasteiger partial charge in [0.05, 0.1) is 0 Å². The normalized spacial score (nSPS) is 34.3. The van der Waals surface area contributed by atoms with E-state index in [0.29, 0.717) is 11.5 Å². The van der Waals surface area contributed by atoms with Gasteiger partial charge in [-0.05, 0) is 49.0 Å². The van der Waals surface area contributed by atoms with E-state index in [9.17, 15) is 0 Å². The van der Waals surface area contributed by atoms with Gasteiger partial charge in [-0.1, -0.05) is 19.3 Å². The molecule has 2 aliphatic rings. The highest BCUT2D eigenvalue weighted by Gasteiger charge is 2.42. The average Bonchev–Trinajstić information content (AvgIpc) is 2.19. The van der Waals surface area contributed by atoms with Gasteiger partial charge in [-0.25, -0.2) is 0 Å². The highest BCUT2D eigenvalue weighted by molar-refractivity contribution is 7.99. The van der Waals surface area contributed by atoms with Gasteiger partial charge in [0.15, 0.2) is 0 Å². The fourth-order valence-corrected chi connectivity index (χ4v) is 4.96. The molecule has 1 aliphatic carbocycles. The molecule has 1 heterocycles. The van der Waals surface area contributed by atoms with E-state index in [4.69, 9.17) is 5.73 Å². The Kier molecular flexibility index (Phi) is 3.43. The van der Waals surface area contributed by atoms with E-state index < -0.39 is 0 Å². The molecule has 2 N–H and O–H groups in total. The maximum Gasteiger partial charge on any atom is 0.00446 e. The molecule has 1 saturated carbocycles. The zero-order valence-corrected chi connectivity index (χ0v) is 10.1. The molecule has 82 valence electrons. The van der Waals surface area contributed by atoms with Crippen molar-refractivity contribution in [2.45, 2.75) is 51.5 Å². The molecule has 0 radical (unpaired) electrons. The molecule has 1 aliphatic heterocycles. The molecule has 0 aromatic rings. The van der Waals surface area contributed by atoms with Crippen molar-refractivity contribution in [2.75, 3.05) is 11.5 Å². The van der Waals surface area contributed by atoms with Crippen LogP contribution in [0.2, 0.25) is 0 Å². The second-order valence-electron chi connectivity index (χ2n) is 5.23. The molecule has 1 spiro atoms. The summed E-state index contributed by atoms with van der Waals surface area (Å²) in [5.74, 6) is 3.54. The summed E-state index contributed by atoms with van der Waals surface area (Å²) < 4.78 is 0. The third kappa shape index (κ3) is 1.96. The summed E-state index contributed by atoms with van der Waals surface area (Å²) >= 11 is 2.17. The van der Waals surface area contributed by atoms with E-state index >= 15 is 0 Å². The first-order chi connectivity index (χ1) is 6.75. The second-order valence-corrected chi connectivity index (χ2v) is 6.34. The van der Waals surface area contributed by atoms with Crippen molar-refractivity contribution in [3.8, 4) is 0 Å². The highest BCUT2D eigenvalue weighted by atomic mass is 32.2. The van der Waals surface area contributed by atoms with Crippen molar-refractivity contribution >= 4 is 11.8 Å². The van der Waals surface area contributed by atoms with E-state index in [1.807, 2.05) is 0 Å². The minimum absolute atomic E-state index is 0.411. The minimum atomic E-state index is 0.411. The van der Waals surface area contributed by atoms with Gasteiger partial charge in [0.1, 0.15) is 0 Å². The molecule has 2 rings (SSSR count). The first-order valence-electron chi connectivity index (χ1n) is 6.08. The molecule has 2 fully saturated rings. The first kappa shape index (κ1) is 10.8. The first-order valence-corrected chi connectivity index (χ1v) is 7.23. The molecule has 0 amide bonds. The Balaban J connectivity index is 2.10. The zero-order valence-electron chi connectivity index (χ0n) is 9.30. The summed E-state index contributed by atoms with van der Waals surface area (Å²) in [6.07, 6.45) is 8.62. The quantitative estimate of drug-likeness (QED) is 0.724. The Bertz CT molecular complexity index is 176. The fraction of sp³-hybridized carbons (Fsp3) is 1.00. The van der Waals surface area contributed by atoms with Crippen LogP contribution in [0.25, 0.3) is 0 Å². The van der Waals surface area contributed by atoms with Crippen molar-refractivity contribution < 1.29 is 0 Å². The van der Waals surface area contributed by atoms with E-state index in [-0.39, 0.29) is 0 Å². The predicted molar refractivity (Wildman–Crippen MR) is 64.6 cm³/mol. The van der Waals surface area contributed by atoms with E-state index in [1.54, 1.807) is 0 Å². The van der Waals surface area contributed by atoms with Crippen LogP contribution in [0, 0.1) is 11.3 Å². The fourth-order valence-electron chi connectivity index (χ4n) is 3.49. The molecule has 0 aromatic heterocycles. The molecule has 2 unspecified atom stereocenters. The third-order valence-corrected chi connectivity index (χ3v) is 5.54. The third-order valence-electron chi connectivity index (χ3n) is 4.23. The largest absolute Gasteiger partial charge is 0.328 e. The topological polar surface area (TPSA) is 26.0 Å². The van der Waals surface area contributed by atoms with Crippen LogP contribution >= 0.6 is 11.8 Å². The molecule has 2 atom stereocenters. The van der Waals surface area contributed by atoms with Gasteiger partial charge in [-0.15, -0.1) is 0 Å². The van der Waals surface area contributed by atoms with Crippen molar-refractivity contribution in [1.82, 2.24) is 0 Å². The van der Waals surface area contributed by atoms with Crippen LogP contribution < -0.4 is 5.73 Å². The summed E-state index contributed by atoms with van der Waals surface area (Å²) in [4.78, 5) is 0. The van der Waals surface area contributed by atoms with Crippen molar-refractivity contribution in [3.05, 3.63) is 0 Å². The summed E-state index contributed by atoms with van der Waals surface area (Å²) in [6.45, 7) is 2.22. The van der Waals surface area contributed by atoms with Crippen LogP contribution in [-0.4, -0.2) is 17.5 Å². The van der Waals surface area contributed by atoms with Gasteiger partial charge >= 0.3 is 0 Å². The number of nitrogens with two attached hydrogens (primary N) is 1. The van der Waals surface area contributed by atoms with Crippen molar-refractivity contribution in [3.63, 3.8) is 0 Å². The van der Waals surface area contributed by atoms with E-state index in [2.05, 4.69) is 18.7 Å². The van der Waals surface area contributed by atoms with E-state index in [0.717, 1.165) is 5.92 Å². The Hall–Kier alpha value is 0.310. The lowest BCUT2D eigenvalue weighted by Gasteiger charge is -2.48. The maximum absolute atomic E-state index is 6.16. The standard InChI is InChI=1S/C12H23NS/c1-10(13)11-5-8-14-9-12(11)6-3-2-4-7-12/h10-11H,2-9,13H2,1H3. The smallest absolute Gasteiger partial charge is 0.00446 e. The summed E-state index contributed by atoms with van der Waals surface area (Å²) in [5.41, 5.74) is 6.80. The lowest BCUT2D eigenvalue weighted by Crippen LogP contribution is -2.46. The van der Waals surface area contributed by atoms with Gasteiger partial charge < -0.3 is 5.73 Å². The van der Waals surface area contributed by atoms with Gasteiger partial charge in [-0.2, -0.15) is 11.8 Å². The Morgan fingerprint density at radius 1 is 1.29 bits per heavy atom. The number of thioether (sulfide) groups is 1. The average molecular weight is 213 g/mol. The SMILES string of the molecule is CC(N)C1CCSCC12CCCCC2. The summed E-state index contributed by atoms with van der Waals surface area (Å²) in [6, 6.07) is 0.411. The van der Waals surface area contributed by atoms with Gasteiger partial charge in [0, 0.05) is 6.04 Å². The minimum Gasteiger partial charge on any atom is -0.328 e. The lowest BCUT2D eigenvalue weighted by atomic mass is 9.64. The molecule has 0 aromatic carbocycles. The second kappa shape index (κ2) is 4.44. The molecular weight excluding hydrogens is 190 g/mol.